The minimum absolute atomic E-state index is 0.216. The molecule has 0 heterocycles. The van der Waals surface area contributed by atoms with E-state index in [4.69, 9.17) is 0 Å². The van der Waals surface area contributed by atoms with Crippen molar-refractivity contribution in [1.29, 1.82) is 0 Å². The molecule has 0 radical (unpaired) electrons. The molecule has 3 unspecified atom stereocenters. The average Bonchev–Trinajstić information content (AvgIpc) is 2.66. The van der Waals surface area contributed by atoms with Crippen LogP contribution in [-0.4, -0.2) is 63.9 Å². The van der Waals surface area contributed by atoms with Crippen molar-refractivity contribution < 1.29 is 34.2 Å². The maximum Gasteiger partial charge on any atom is 0.311 e. The van der Waals surface area contributed by atoms with Gasteiger partial charge in [0.1, 0.15) is 17.8 Å². The first kappa shape index (κ1) is 28.1. The number of hydrogen-bond donors (Lipinski definition) is 3. The number of quaternary nitrogens is 1. The third-order valence-corrected chi connectivity index (χ3v) is 5.65. The lowest BCUT2D eigenvalue weighted by molar-refractivity contribution is -0.934. The van der Waals surface area contributed by atoms with Crippen LogP contribution in [0, 0.1) is 17.8 Å². The van der Waals surface area contributed by atoms with Crippen molar-refractivity contribution in [2.75, 3.05) is 26.2 Å². The van der Waals surface area contributed by atoms with Gasteiger partial charge in [0, 0.05) is 0 Å². The highest BCUT2D eigenvalue weighted by molar-refractivity contribution is 5.70. The Morgan fingerprint density at radius 3 is 1.50 bits per heavy atom. The average molecular weight is 429 g/mol. The summed E-state index contributed by atoms with van der Waals surface area (Å²) in [7, 11) is 0. The molecule has 7 nitrogen and oxygen atoms in total. The zero-order chi connectivity index (χ0) is 23.2. The molecule has 0 rings (SSSR count). The highest BCUT2D eigenvalue weighted by Crippen LogP contribution is 2.22. The van der Waals surface area contributed by atoms with Crippen LogP contribution in [0.5, 0.6) is 0 Å². The molecule has 0 aliphatic heterocycles. The van der Waals surface area contributed by atoms with Gasteiger partial charge in [-0.05, 0) is 52.9 Å². The Bertz CT molecular complexity index is 505. The summed E-state index contributed by atoms with van der Waals surface area (Å²) in [5, 5.41) is 28.2. The van der Waals surface area contributed by atoms with Crippen LogP contribution in [0.1, 0.15) is 72.6 Å². The number of aliphatic carboxylic acids is 3. The minimum Gasteiger partial charge on any atom is -0.481 e. The van der Waals surface area contributed by atoms with Crippen molar-refractivity contribution in [2.24, 2.45) is 17.8 Å². The van der Waals surface area contributed by atoms with Gasteiger partial charge in [0.15, 0.2) is 0 Å². The van der Waals surface area contributed by atoms with E-state index in [2.05, 4.69) is 19.1 Å². The molecule has 7 heteroatoms. The fourth-order valence-corrected chi connectivity index (χ4v) is 4.00. The Labute approximate surface area is 181 Å². The standard InChI is InChI=1S/C23H41NO6/c1-5-6-7-8-9-10-11-12-13-14-24(15-18(2)21(25)26,16-19(3)22(27)28)17-20(4)23(29)30/h6-7,18-20H,5,8-17H2,1-4H3,(H2-,25,26,27,28,29,30)/p+1/b7-6+. The third kappa shape index (κ3) is 12.0. The molecule has 174 valence electrons. The zero-order valence-corrected chi connectivity index (χ0v) is 19.2. The molecule has 0 aromatic carbocycles. The molecular weight excluding hydrogens is 386 g/mol. The van der Waals surface area contributed by atoms with Crippen molar-refractivity contribution in [3.05, 3.63) is 12.2 Å². The van der Waals surface area contributed by atoms with Gasteiger partial charge in [0.25, 0.3) is 0 Å². The first-order valence-corrected chi connectivity index (χ1v) is 11.2. The van der Waals surface area contributed by atoms with Crippen molar-refractivity contribution in [2.45, 2.75) is 72.6 Å². The van der Waals surface area contributed by atoms with Crippen LogP contribution in [-0.2, 0) is 14.4 Å². The predicted molar refractivity (Wildman–Crippen MR) is 117 cm³/mol. The summed E-state index contributed by atoms with van der Waals surface area (Å²) in [6.07, 6.45) is 11.6. The minimum atomic E-state index is -0.941. The van der Waals surface area contributed by atoms with Gasteiger partial charge in [-0.2, -0.15) is 0 Å². The molecule has 0 aromatic rings. The van der Waals surface area contributed by atoms with E-state index in [-0.39, 0.29) is 24.1 Å². The summed E-state index contributed by atoms with van der Waals surface area (Å²) in [4.78, 5) is 34.5. The number of unbranched alkanes of at least 4 members (excludes halogenated alkanes) is 5. The van der Waals surface area contributed by atoms with Gasteiger partial charge in [0.2, 0.25) is 0 Å². The number of carbonyl (C=O) groups is 3. The van der Waals surface area contributed by atoms with Crippen molar-refractivity contribution in [1.82, 2.24) is 0 Å². The molecule has 0 saturated heterocycles. The largest absolute Gasteiger partial charge is 0.481 e. The van der Waals surface area contributed by atoms with Gasteiger partial charge >= 0.3 is 17.9 Å². The van der Waals surface area contributed by atoms with E-state index < -0.39 is 35.7 Å². The molecule has 0 fully saturated rings. The van der Waals surface area contributed by atoms with Crippen LogP contribution in [0.4, 0.5) is 0 Å². The molecular formula is C23H42NO6+. The van der Waals surface area contributed by atoms with Gasteiger partial charge in [-0.25, -0.2) is 0 Å². The van der Waals surface area contributed by atoms with Gasteiger partial charge in [-0.15, -0.1) is 0 Å². The zero-order valence-electron chi connectivity index (χ0n) is 19.2. The Kier molecular flexibility index (Phi) is 14.0. The second-order valence-corrected chi connectivity index (χ2v) is 8.77. The van der Waals surface area contributed by atoms with Gasteiger partial charge < -0.3 is 19.8 Å². The van der Waals surface area contributed by atoms with Gasteiger partial charge in [-0.1, -0.05) is 31.9 Å². The van der Waals surface area contributed by atoms with E-state index in [1.807, 2.05) is 0 Å². The molecule has 3 atom stereocenters. The van der Waals surface area contributed by atoms with E-state index in [0.29, 0.717) is 6.54 Å². The maximum atomic E-state index is 11.5. The molecule has 30 heavy (non-hydrogen) atoms. The first-order valence-electron chi connectivity index (χ1n) is 11.2. The van der Waals surface area contributed by atoms with E-state index in [0.717, 1.165) is 44.9 Å². The van der Waals surface area contributed by atoms with Crippen molar-refractivity contribution in [3.8, 4) is 0 Å². The second kappa shape index (κ2) is 15.0. The van der Waals surface area contributed by atoms with Crippen molar-refractivity contribution in [3.63, 3.8) is 0 Å². The highest BCUT2D eigenvalue weighted by Gasteiger charge is 2.38. The lowest BCUT2D eigenvalue weighted by Crippen LogP contribution is -2.57. The molecule has 0 amide bonds. The Morgan fingerprint density at radius 1 is 0.700 bits per heavy atom. The summed E-state index contributed by atoms with van der Waals surface area (Å²) >= 11 is 0. The normalized spacial score (nSPS) is 16.7. The van der Waals surface area contributed by atoms with E-state index in [9.17, 15) is 29.7 Å². The van der Waals surface area contributed by atoms with Crippen LogP contribution in [0.3, 0.4) is 0 Å². The maximum absolute atomic E-state index is 11.5. The van der Waals surface area contributed by atoms with E-state index >= 15 is 0 Å². The number of rotatable bonds is 18. The van der Waals surface area contributed by atoms with Crippen LogP contribution in [0.25, 0.3) is 0 Å². The SMILES string of the molecule is CC/C=C/CCCCCCC[N+](CC(C)C(=O)O)(CC(C)C(=O)O)CC(C)C(=O)O. The molecule has 0 aliphatic rings. The summed E-state index contributed by atoms with van der Waals surface area (Å²) in [5.74, 6) is -4.83. The fourth-order valence-electron chi connectivity index (χ4n) is 4.00. The smallest absolute Gasteiger partial charge is 0.311 e. The molecule has 3 N–H and O–H groups in total. The number of allylic oxidation sites excluding steroid dienone is 2. The Hall–Kier alpha value is -1.89. The second-order valence-electron chi connectivity index (χ2n) is 8.77. The Balaban J connectivity index is 5.14. The summed E-state index contributed by atoms with van der Waals surface area (Å²) < 4.78 is 0.216. The summed E-state index contributed by atoms with van der Waals surface area (Å²) in [6.45, 7) is 8.26. The van der Waals surface area contributed by atoms with Gasteiger partial charge in [-0.3, -0.25) is 14.4 Å². The lowest BCUT2D eigenvalue weighted by Gasteiger charge is -2.42. The molecule has 0 spiro atoms. The third-order valence-electron chi connectivity index (χ3n) is 5.65. The predicted octanol–water partition coefficient (Wildman–Crippen LogP) is 4.27. The van der Waals surface area contributed by atoms with Crippen molar-refractivity contribution >= 4 is 17.9 Å². The molecule has 0 bridgehead atoms. The monoisotopic (exact) mass is 428 g/mol. The van der Waals surface area contributed by atoms with Crippen LogP contribution in [0.2, 0.25) is 0 Å². The van der Waals surface area contributed by atoms with E-state index in [1.165, 1.54) is 0 Å². The highest BCUT2D eigenvalue weighted by atomic mass is 16.4. The van der Waals surface area contributed by atoms with Crippen LogP contribution < -0.4 is 0 Å². The molecule has 0 aromatic heterocycles. The topological polar surface area (TPSA) is 112 Å². The number of nitrogens with zero attached hydrogens (tertiary/aromatic N) is 1. The summed E-state index contributed by atoms with van der Waals surface area (Å²) in [5.41, 5.74) is 0. The van der Waals surface area contributed by atoms with Crippen LogP contribution >= 0.6 is 0 Å². The van der Waals surface area contributed by atoms with Crippen LogP contribution in [0.15, 0.2) is 12.2 Å². The Morgan fingerprint density at radius 2 is 1.10 bits per heavy atom. The number of carboxylic acid groups (broad SMARTS) is 3. The lowest BCUT2D eigenvalue weighted by atomic mass is 10.0. The molecule has 0 aliphatic carbocycles. The molecule has 0 saturated carbocycles. The number of hydrogen-bond acceptors (Lipinski definition) is 3. The fraction of sp³-hybridized carbons (Fsp3) is 0.783. The van der Waals surface area contributed by atoms with E-state index in [1.54, 1.807) is 20.8 Å². The van der Waals surface area contributed by atoms with Gasteiger partial charge in [0.05, 0.1) is 26.2 Å². The first-order chi connectivity index (χ1) is 14.0. The number of carboxylic acids is 3. The summed E-state index contributed by atoms with van der Waals surface area (Å²) in [6, 6.07) is 0. The quantitative estimate of drug-likeness (QED) is 0.171.